The second kappa shape index (κ2) is 7.04. The Morgan fingerprint density at radius 1 is 0.857 bits per heavy atom. The Labute approximate surface area is 119 Å². The van der Waals surface area contributed by atoms with Crippen LogP contribution in [-0.2, 0) is 9.59 Å². The highest BCUT2D eigenvalue weighted by atomic mass is 16.4. The Morgan fingerprint density at radius 2 is 1.38 bits per heavy atom. The Balaban J connectivity index is 2.82. The molecule has 1 rings (SSSR count). The van der Waals surface area contributed by atoms with Crippen molar-refractivity contribution in [2.45, 2.75) is 19.3 Å². The van der Waals surface area contributed by atoms with Crippen LogP contribution in [0.1, 0.15) is 40.0 Å². The number of nitrogens with one attached hydrogen (secondary N) is 1. The number of aromatic carboxylic acids is 2. The molecule has 0 fully saturated rings. The first kappa shape index (κ1) is 16.2. The van der Waals surface area contributed by atoms with E-state index in [2.05, 4.69) is 5.32 Å². The lowest BCUT2D eigenvalue weighted by molar-refractivity contribution is -0.137. The van der Waals surface area contributed by atoms with Gasteiger partial charge in [-0.1, -0.05) is 0 Å². The predicted molar refractivity (Wildman–Crippen MR) is 70.5 cm³/mol. The molecule has 0 heterocycles. The molecule has 0 aliphatic heterocycles. The molecule has 0 saturated heterocycles. The third-order valence-corrected chi connectivity index (χ3v) is 2.51. The van der Waals surface area contributed by atoms with E-state index >= 15 is 0 Å². The molecule has 0 aliphatic carbocycles. The van der Waals surface area contributed by atoms with Crippen molar-refractivity contribution in [1.29, 1.82) is 0 Å². The number of rotatable bonds is 7. The summed E-state index contributed by atoms with van der Waals surface area (Å²) in [5.41, 5.74) is -0.501. The highest BCUT2D eigenvalue weighted by molar-refractivity contribution is 5.98. The first-order valence-corrected chi connectivity index (χ1v) is 5.93. The van der Waals surface area contributed by atoms with Gasteiger partial charge in [0.2, 0.25) is 5.91 Å². The molecule has 1 aromatic carbocycles. The molecular formula is C13H13NO7. The number of carboxylic acids is 3. The zero-order chi connectivity index (χ0) is 16.0. The summed E-state index contributed by atoms with van der Waals surface area (Å²) < 4.78 is 0. The fraction of sp³-hybridized carbons (Fsp3) is 0.231. The molecular weight excluding hydrogens is 282 g/mol. The lowest BCUT2D eigenvalue weighted by Gasteiger charge is -2.07. The number of amides is 1. The van der Waals surface area contributed by atoms with Crippen molar-refractivity contribution in [3.8, 4) is 0 Å². The summed E-state index contributed by atoms with van der Waals surface area (Å²) in [6.07, 6.45) is -0.0967. The van der Waals surface area contributed by atoms with Crippen molar-refractivity contribution in [3.63, 3.8) is 0 Å². The maximum Gasteiger partial charge on any atom is 0.335 e. The van der Waals surface area contributed by atoms with Crippen molar-refractivity contribution >= 4 is 29.5 Å². The molecule has 1 amide bonds. The van der Waals surface area contributed by atoms with Crippen LogP contribution in [0.25, 0.3) is 0 Å². The fourth-order valence-corrected chi connectivity index (χ4v) is 1.57. The molecule has 0 bridgehead atoms. The maximum absolute atomic E-state index is 11.6. The van der Waals surface area contributed by atoms with E-state index in [1.165, 1.54) is 0 Å². The second-order valence-corrected chi connectivity index (χ2v) is 4.20. The standard InChI is InChI=1S/C13H13NO7/c15-10(2-1-3-11(16)17)14-9-5-7(12(18)19)4-8(6-9)13(20)21/h4-6H,1-3H2,(H,14,15)(H,16,17)(H,18,19)(H,20,21). The van der Waals surface area contributed by atoms with Gasteiger partial charge in [0.1, 0.15) is 0 Å². The number of anilines is 1. The summed E-state index contributed by atoms with van der Waals surface area (Å²) in [5, 5.41) is 28.6. The van der Waals surface area contributed by atoms with Crippen LogP contribution in [-0.4, -0.2) is 39.1 Å². The van der Waals surface area contributed by atoms with Gasteiger partial charge in [-0.2, -0.15) is 0 Å². The van der Waals surface area contributed by atoms with E-state index in [-0.39, 0.29) is 36.1 Å². The monoisotopic (exact) mass is 295 g/mol. The number of carbonyl (C=O) groups is 4. The van der Waals surface area contributed by atoms with E-state index in [1.807, 2.05) is 0 Å². The van der Waals surface area contributed by atoms with Gasteiger partial charge in [0.15, 0.2) is 0 Å². The zero-order valence-corrected chi connectivity index (χ0v) is 10.8. The predicted octanol–water partition coefficient (Wildman–Crippen LogP) is 1.28. The lowest BCUT2D eigenvalue weighted by atomic mass is 10.1. The molecule has 112 valence electrons. The van der Waals surface area contributed by atoms with E-state index in [1.54, 1.807) is 0 Å². The third kappa shape index (κ3) is 5.31. The molecule has 0 aromatic heterocycles. The van der Waals surface area contributed by atoms with Crippen LogP contribution in [0, 0.1) is 0 Å². The summed E-state index contributed by atoms with van der Waals surface area (Å²) in [5.74, 6) is -4.18. The quantitative estimate of drug-likeness (QED) is 0.593. The SMILES string of the molecule is O=C(O)CCCC(=O)Nc1cc(C(=O)O)cc(C(=O)O)c1. The van der Waals surface area contributed by atoms with E-state index in [0.717, 1.165) is 18.2 Å². The van der Waals surface area contributed by atoms with Crippen molar-refractivity contribution in [1.82, 2.24) is 0 Å². The Morgan fingerprint density at radius 3 is 1.81 bits per heavy atom. The Hall–Kier alpha value is -2.90. The maximum atomic E-state index is 11.6. The van der Waals surface area contributed by atoms with Gasteiger partial charge < -0.3 is 20.6 Å². The summed E-state index contributed by atoms with van der Waals surface area (Å²) >= 11 is 0. The first-order valence-electron chi connectivity index (χ1n) is 5.93. The highest BCUT2D eigenvalue weighted by Crippen LogP contribution is 2.16. The lowest BCUT2D eigenvalue weighted by Crippen LogP contribution is -2.13. The second-order valence-electron chi connectivity index (χ2n) is 4.20. The summed E-state index contributed by atoms with van der Waals surface area (Å²) in [7, 11) is 0. The van der Waals surface area contributed by atoms with E-state index in [4.69, 9.17) is 15.3 Å². The van der Waals surface area contributed by atoms with Crippen LogP contribution in [0.5, 0.6) is 0 Å². The van der Waals surface area contributed by atoms with Crippen LogP contribution in [0.15, 0.2) is 18.2 Å². The molecule has 21 heavy (non-hydrogen) atoms. The molecule has 0 aliphatic rings. The highest BCUT2D eigenvalue weighted by Gasteiger charge is 2.13. The van der Waals surface area contributed by atoms with E-state index in [0.29, 0.717) is 0 Å². The smallest absolute Gasteiger partial charge is 0.335 e. The van der Waals surface area contributed by atoms with Crippen LogP contribution in [0.2, 0.25) is 0 Å². The van der Waals surface area contributed by atoms with Gasteiger partial charge in [0.25, 0.3) is 0 Å². The topological polar surface area (TPSA) is 141 Å². The number of benzene rings is 1. The average Bonchev–Trinajstić information content (AvgIpc) is 2.37. The van der Waals surface area contributed by atoms with Crippen molar-refractivity contribution in [2.75, 3.05) is 5.32 Å². The summed E-state index contributed by atoms with van der Waals surface area (Å²) in [4.78, 5) is 43.7. The number of hydrogen-bond acceptors (Lipinski definition) is 4. The first-order chi connectivity index (χ1) is 9.79. The van der Waals surface area contributed by atoms with Crippen LogP contribution in [0.4, 0.5) is 5.69 Å². The minimum absolute atomic E-state index is 0.0348. The van der Waals surface area contributed by atoms with Gasteiger partial charge in [-0.25, -0.2) is 9.59 Å². The molecule has 0 atom stereocenters. The third-order valence-electron chi connectivity index (χ3n) is 2.51. The number of aliphatic carboxylic acids is 1. The van der Waals surface area contributed by atoms with E-state index < -0.39 is 23.8 Å². The largest absolute Gasteiger partial charge is 0.481 e. The normalized spacial score (nSPS) is 9.90. The van der Waals surface area contributed by atoms with Crippen molar-refractivity contribution in [3.05, 3.63) is 29.3 Å². The fourth-order valence-electron chi connectivity index (χ4n) is 1.57. The van der Waals surface area contributed by atoms with Crippen LogP contribution < -0.4 is 5.32 Å². The van der Waals surface area contributed by atoms with Gasteiger partial charge >= 0.3 is 17.9 Å². The molecule has 4 N–H and O–H groups in total. The molecule has 0 spiro atoms. The molecule has 8 nitrogen and oxygen atoms in total. The van der Waals surface area contributed by atoms with Gasteiger partial charge in [-0.3, -0.25) is 9.59 Å². The molecule has 0 radical (unpaired) electrons. The van der Waals surface area contributed by atoms with Gasteiger partial charge in [-0.05, 0) is 24.6 Å². The van der Waals surface area contributed by atoms with Crippen LogP contribution >= 0.6 is 0 Å². The van der Waals surface area contributed by atoms with Crippen molar-refractivity contribution in [2.24, 2.45) is 0 Å². The molecule has 0 saturated carbocycles. The Bertz CT molecular complexity index is 562. The van der Waals surface area contributed by atoms with Gasteiger partial charge in [-0.15, -0.1) is 0 Å². The average molecular weight is 295 g/mol. The van der Waals surface area contributed by atoms with Gasteiger partial charge in [0, 0.05) is 18.5 Å². The summed E-state index contributed by atoms with van der Waals surface area (Å²) in [6, 6.07) is 3.23. The zero-order valence-electron chi connectivity index (χ0n) is 10.8. The Kier molecular flexibility index (Phi) is 5.41. The summed E-state index contributed by atoms with van der Waals surface area (Å²) in [6.45, 7) is 0. The van der Waals surface area contributed by atoms with Crippen molar-refractivity contribution < 1.29 is 34.5 Å². The minimum atomic E-state index is -1.32. The number of hydrogen-bond donors (Lipinski definition) is 4. The molecule has 8 heteroatoms. The minimum Gasteiger partial charge on any atom is -0.481 e. The van der Waals surface area contributed by atoms with Crippen LogP contribution in [0.3, 0.4) is 0 Å². The molecule has 0 unspecified atom stereocenters. The van der Waals surface area contributed by atoms with Gasteiger partial charge in [0.05, 0.1) is 11.1 Å². The number of carboxylic acid groups (broad SMARTS) is 3. The molecule has 1 aromatic rings. The van der Waals surface area contributed by atoms with E-state index in [9.17, 15) is 19.2 Å². The number of carbonyl (C=O) groups excluding carboxylic acids is 1.